The van der Waals surface area contributed by atoms with E-state index in [1.165, 1.54) is 0 Å². The maximum atomic E-state index is 12.1. The summed E-state index contributed by atoms with van der Waals surface area (Å²) in [5.74, 6) is 5.80. The van der Waals surface area contributed by atoms with E-state index in [0.717, 1.165) is 22.0 Å². The molecule has 0 amide bonds. The Morgan fingerprint density at radius 2 is 1.30 bits per heavy atom. The Labute approximate surface area is 151 Å². The molecule has 2 aromatic carbocycles. The fourth-order valence-corrected chi connectivity index (χ4v) is 3.36. The zero-order chi connectivity index (χ0) is 15.8. The minimum atomic E-state index is -3.39. The van der Waals surface area contributed by atoms with Crippen LogP contribution in [-0.4, -0.2) is 25.1 Å². The Bertz CT molecular complexity index is 664. The van der Waals surface area contributed by atoms with Gasteiger partial charge in [0.15, 0.2) is 0 Å². The van der Waals surface area contributed by atoms with Gasteiger partial charge in [0.05, 0.1) is 5.75 Å². The van der Waals surface area contributed by atoms with Gasteiger partial charge in [-0.25, -0.2) is 8.42 Å². The van der Waals surface area contributed by atoms with Crippen LogP contribution in [0.2, 0.25) is 0 Å². The second-order valence-electron chi connectivity index (χ2n) is 5.25. The summed E-state index contributed by atoms with van der Waals surface area (Å²) in [7, 11) is -3.39. The van der Waals surface area contributed by atoms with Crippen molar-refractivity contribution in [2.75, 3.05) is 12.3 Å². The summed E-state index contributed by atoms with van der Waals surface area (Å²) in [5.41, 5.74) is 2.22. The van der Waals surface area contributed by atoms with Gasteiger partial charge in [-0.1, -0.05) is 60.7 Å². The zero-order valence-electron chi connectivity index (χ0n) is 12.9. The third kappa shape index (κ3) is 6.92. The third-order valence-corrected chi connectivity index (χ3v) is 5.23. The Balaban J connectivity index is 0.00000264. The molecule has 0 aliphatic heterocycles. The van der Waals surface area contributed by atoms with E-state index in [9.17, 15) is 8.42 Å². The van der Waals surface area contributed by atoms with Crippen molar-refractivity contribution in [1.82, 2.24) is 4.41 Å². The molecule has 126 valence electrons. The van der Waals surface area contributed by atoms with Gasteiger partial charge in [-0.3, -0.25) is 5.84 Å². The molecule has 23 heavy (non-hydrogen) atoms. The van der Waals surface area contributed by atoms with E-state index in [1.54, 1.807) is 0 Å². The molecule has 0 atom stereocenters. The molecule has 4 nitrogen and oxygen atoms in total. The predicted octanol–water partition coefficient (Wildman–Crippen LogP) is 2.36. The first-order chi connectivity index (χ1) is 10.6. The first kappa shape index (κ1) is 20.0. The summed E-state index contributed by atoms with van der Waals surface area (Å²) in [6.07, 6.45) is 1.94. The molecule has 2 rings (SSSR count). The van der Waals surface area contributed by atoms with Crippen LogP contribution in [0.4, 0.5) is 0 Å². The molecule has 6 heteroatoms. The van der Waals surface area contributed by atoms with Crippen molar-refractivity contribution in [3.8, 4) is 0 Å². The van der Waals surface area contributed by atoms with Gasteiger partial charge in [-0.15, -0.1) is 4.41 Å². The van der Waals surface area contributed by atoms with Gasteiger partial charge in [0.2, 0.25) is 10.0 Å². The number of nitrogens with zero attached hydrogens (tertiary/aromatic N) is 1. The monoisotopic (exact) mass is 420 g/mol. The summed E-state index contributed by atoms with van der Waals surface area (Å²) >= 11 is 0. The molecule has 0 bridgehead atoms. The molecule has 0 saturated heterocycles. The van der Waals surface area contributed by atoms with Gasteiger partial charge >= 0.3 is 0 Å². The number of rotatable bonds is 8. The van der Waals surface area contributed by atoms with Crippen LogP contribution >= 0.6 is 0 Å². The summed E-state index contributed by atoms with van der Waals surface area (Å²) in [5, 5.41) is 0. The number of benzene rings is 2. The Hall–Kier alpha value is -1.07. The second kappa shape index (κ2) is 9.94. The largest absolute Gasteiger partial charge is 0.255 e. The van der Waals surface area contributed by atoms with Crippen molar-refractivity contribution in [2.24, 2.45) is 5.84 Å². The number of sulfonamides is 1. The molecule has 0 aliphatic carbocycles. The fraction of sp³-hybridized carbons (Fsp3) is 0.294. The Morgan fingerprint density at radius 1 is 0.826 bits per heavy atom. The molecule has 0 unspecified atom stereocenters. The number of nitrogens with two attached hydrogens (primary N) is 1. The van der Waals surface area contributed by atoms with Crippen LogP contribution in [-0.2, 0) is 42.3 Å². The van der Waals surface area contributed by atoms with Crippen molar-refractivity contribution >= 4 is 10.0 Å². The second-order valence-corrected chi connectivity index (χ2v) is 7.29. The van der Waals surface area contributed by atoms with E-state index in [4.69, 9.17) is 5.84 Å². The van der Waals surface area contributed by atoms with Crippen LogP contribution in [0.15, 0.2) is 60.7 Å². The summed E-state index contributed by atoms with van der Waals surface area (Å²) < 4.78 is 25.3. The first-order valence-corrected chi connectivity index (χ1v) is 9.02. The topological polar surface area (TPSA) is 63.4 Å². The van der Waals surface area contributed by atoms with Gasteiger partial charge in [-0.2, -0.15) is 0 Å². The molecule has 2 N–H and O–H groups in total. The maximum Gasteiger partial charge on any atom is 0.226 e. The minimum absolute atomic E-state index is 0. The molecule has 0 radical (unpaired) electrons. The molecule has 0 spiro atoms. The summed E-state index contributed by atoms with van der Waals surface area (Å²) in [6.45, 7) is 0.303. The molecule has 0 aromatic heterocycles. The van der Waals surface area contributed by atoms with Crippen LogP contribution in [0.3, 0.4) is 0 Å². The van der Waals surface area contributed by atoms with E-state index in [-0.39, 0.29) is 25.2 Å². The van der Waals surface area contributed by atoms with Gasteiger partial charge < -0.3 is 0 Å². The van der Waals surface area contributed by atoms with Crippen LogP contribution < -0.4 is 5.84 Å². The van der Waals surface area contributed by atoms with E-state index < -0.39 is 10.0 Å². The van der Waals surface area contributed by atoms with Crippen molar-refractivity contribution in [3.05, 3.63) is 71.8 Å². The Morgan fingerprint density at radius 3 is 1.83 bits per heavy atom. The fourth-order valence-electron chi connectivity index (χ4n) is 2.24. The van der Waals surface area contributed by atoms with E-state index in [0.29, 0.717) is 19.4 Å². The van der Waals surface area contributed by atoms with Crippen LogP contribution in [0.25, 0.3) is 0 Å². The number of aryl methyl sites for hydroxylation is 1. The Kier molecular flexibility index (Phi) is 8.63. The van der Waals surface area contributed by atoms with E-state index in [2.05, 4.69) is 0 Å². The van der Waals surface area contributed by atoms with Crippen molar-refractivity contribution < 1.29 is 27.9 Å². The third-order valence-electron chi connectivity index (χ3n) is 3.53. The van der Waals surface area contributed by atoms with Gasteiger partial charge in [0.25, 0.3) is 0 Å². The van der Waals surface area contributed by atoms with Crippen LogP contribution in [0, 0.1) is 0 Å². The normalized spacial score (nSPS) is 11.2. The van der Waals surface area contributed by atoms with Gasteiger partial charge in [0.1, 0.15) is 0 Å². The van der Waals surface area contributed by atoms with Crippen molar-refractivity contribution in [1.29, 1.82) is 0 Å². The zero-order valence-corrected chi connectivity index (χ0v) is 15.5. The molecule has 0 heterocycles. The predicted molar refractivity (Wildman–Crippen MR) is 89.6 cm³/mol. The van der Waals surface area contributed by atoms with Crippen molar-refractivity contribution in [2.45, 2.75) is 19.3 Å². The van der Waals surface area contributed by atoms with Gasteiger partial charge in [-0.05, 0) is 30.4 Å². The average Bonchev–Trinajstić information content (AvgIpc) is 2.54. The smallest absolute Gasteiger partial charge is 0.226 e. The number of hydrogen-bond donors (Lipinski definition) is 1. The summed E-state index contributed by atoms with van der Waals surface area (Å²) in [4.78, 5) is 0. The van der Waals surface area contributed by atoms with Crippen molar-refractivity contribution in [3.63, 3.8) is 0 Å². The standard InChI is InChI=1S/C17H22N2O2S.Ru/c18-19(14-13-17-10-5-2-6-11-17)22(20,21)15-7-12-16-8-3-1-4-9-16;/h1-6,8-11H,7,12-15,18H2;. The van der Waals surface area contributed by atoms with Gasteiger partial charge in [0, 0.05) is 26.0 Å². The quantitative estimate of drug-likeness (QED) is 0.406. The first-order valence-electron chi connectivity index (χ1n) is 7.41. The molecular weight excluding hydrogens is 397 g/mol. The molecule has 0 saturated carbocycles. The van der Waals surface area contributed by atoms with Crippen LogP contribution in [0.1, 0.15) is 17.5 Å². The molecule has 0 fully saturated rings. The average molecular weight is 420 g/mol. The molecular formula is C17H22N2O2RuS. The minimum Gasteiger partial charge on any atom is -0.255 e. The number of hydrazine groups is 1. The van der Waals surface area contributed by atoms with Crippen LogP contribution in [0.5, 0.6) is 0 Å². The maximum absolute atomic E-state index is 12.1. The SMILES string of the molecule is NN(CCc1ccccc1)S(=O)(=O)CCCc1ccccc1.[Ru]. The van der Waals surface area contributed by atoms with E-state index in [1.807, 2.05) is 60.7 Å². The molecule has 0 aliphatic rings. The molecule has 2 aromatic rings. The number of hydrogen-bond acceptors (Lipinski definition) is 3. The van der Waals surface area contributed by atoms with E-state index >= 15 is 0 Å². The summed E-state index contributed by atoms with van der Waals surface area (Å²) in [6, 6.07) is 19.6.